The van der Waals surface area contributed by atoms with Crippen LogP contribution in [0, 0.1) is 0 Å². The SMILES string of the molecule is NCCn1ncc2cc(-c3ccccc3O)ccc21. The van der Waals surface area contributed by atoms with E-state index in [-0.39, 0.29) is 5.75 Å². The van der Waals surface area contributed by atoms with E-state index in [0.717, 1.165) is 22.0 Å². The van der Waals surface area contributed by atoms with E-state index >= 15 is 0 Å². The molecular formula is C15H15N3O. The first-order chi connectivity index (χ1) is 9.29. The first-order valence-electron chi connectivity index (χ1n) is 6.23. The fourth-order valence-corrected chi connectivity index (χ4v) is 2.27. The number of aromatic nitrogens is 2. The summed E-state index contributed by atoms with van der Waals surface area (Å²) >= 11 is 0. The largest absolute Gasteiger partial charge is 0.507 e. The Hall–Kier alpha value is -2.33. The second-order valence-corrected chi connectivity index (χ2v) is 4.45. The summed E-state index contributed by atoms with van der Waals surface area (Å²) in [5.74, 6) is 0.288. The number of phenols is 1. The van der Waals surface area contributed by atoms with E-state index in [1.54, 1.807) is 6.07 Å². The fraction of sp³-hybridized carbons (Fsp3) is 0.133. The van der Waals surface area contributed by atoms with Crippen LogP contribution in [-0.2, 0) is 6.54 Å². The van der Waals surface area contributed by atoms with Gasteiger partial charge in [-0.05, 0) is 23.8 Å². The van der Waals surface area contributed by atoms with Crippen LogP contribution in [0.4, 0.5) is 0 Å². The van der Waals surface area contributed by atoms with Crippen molar-refractivity contribution < 1.29 is 5.11 Å². The van der Waals surface area contributed by atoms with Gasteiger partial charge in [0.25, 0.3) is 0 Å². The topological polar surface area (TPSA) is 64.1 Å². The van der Waals surface area contributed by atoms with E-state index < -0.39 is 0 Å². The maximum absolute atomic E-state index is 9.89. The van der Waals surface area contributed by atoms with Crippen molar-refractivity contribution in [3.8, 4) is 16.9 Å². The standard InChI is InChI=1S/C15H15N3O/c16-7-8-18-14-6-5-11(9-12(14)10-17-18)13-3-1-2-4-15(13)19/h1-6,9-10,19H,7-8,16H2. The van der Waals surface area contributed by atoms with Crippen molar-refractivity contribution in [2.75, 3.05) is 6.54 Å². The minimum absolute atomic E-state index is 0.288. The Balaban J connectivity index is 2.10. The summed E-state index contributed by atoms with van der Waals surface area (Å²) in [5.41, 5.74) is 8.43. The zero-order chi connectivity index (χ0) is 13.2. The molecule has 1 heterocycles. The van der Waals surface area contributed by atoms with E-state index in [0.29, 0.717) is 13.1 Å². The van der Waals surface area contributed by atoms with E-state index in [9.17, 15) is 5.11 Å². The first-order valence-corrected chi connectivity index (χ1v) is 6.23. The highest BCUT2D eigenvalue weighted by Gasteiger charge is 2.07. The number of aromatic hydroxyl groups is 1. The zero-order valence-corrected chi connectivity index (χ0v) is 10.5. The van der Waals surface area contributed by atoms with Crippen LogP contribution in [-0.4, -0.2) is 21.4 Å². The van der Waals surface area contributed by atoms with Crippen LogP contribution in [0.2, 0.25) is 0 Å². The predicted molar refractivity (Wildman–Crippen MR) is 75.9 cm³/mol. The Morgan fingerprint density at radius 3 is 2.79 bits per heavy atom. The number of phenolic OH excluding ortho intramolecular Hbond substituents is 1. The van der Waals surface area contributed by atoms with Gasteiger partial charge >= 0.3 is 0 Å². The third-order valence-electron chi connectivity index (χ3n) is 3.20. The Labute approximate surface area is 111 Å². The maximum atomic E-state index is 9.89. The number of rotatable bonds is 3. The molecule has 0 amide bonds. The Morgan fingerprint density at radius 1 is 1.16 bits per heavy atom. The Bertz CT molecular complexity index is 718. The Morgan fingerprint density at radius 2 is 2.00 bits per heavy atom. The van der Waals surface area contributed by atoms with Crippen molar-refractivity contribution in [2.24, 2.45) is 5.73 Å². The van der Waals surface area contributed by atoms with Crippen LogP contribution in [0.15, 0.2) is 48.7 Å². The molecule has 19 heavy (non-hydrogen) atoms. The van der Waals surface area contributed by atoms with Gasteiger partial charge in [-0.3, -0.25) is 4.68 Å². The second-order valence-electron chi connectivity index (χ2n) is 4.45. The van der Waals surface area contributed by atoms with Crippen molar-refractivity contribution in [3.63, 3.8) is 0 Å². The van der Waals surface area contributed by atoms with Gasteiger partial charge in [0.1, 0.15) is 5.75 Å². The summed E-state index contributed by atoms with van der Waals surface area (Å²) in [6.45, 7) is 1.28. The molecule has 0 unspecified atom stereocenters. The molecule has 0 fully saturated rings. The van der Waals surface area contributed by atoms with Gasteiger partial charge < -0.3 is 10.8 Å². The molecular weight excluding hydrogens is 238 g/mol. The summed E-state index contributed by atoms with van der Waals surface area (Å²) in [7, 11) is 0. The molecule has 1 aromatic heterocycles. The van der Waals surface area contributed by atoms with E-state index in [1.807, 2.05) is 47.3 Å². The van der Waals surface area contributed by atoms with Crippen molar-refractivity contribution in [1.82, 2.24) is 9.78 Å². The van der Waals surface area contributed by atoms with Gasteiger partial charge in [0.05, 0.1) is 18.3 Å². The summed E-state index contributed by atoms with van der Waals surface area (Å²) in [6.07, 6.45) is 1.83. The van der Waals surface area contributed by atoms with Gasteiger partial charge in [-0.2, -0.15) is 5.10 Å². The molecule has 3 N–H and O–H groups in total. The molecule has 96 valence electrons. The molecule has 0 radical (unpaired) electrons. The van der Waals surface area contributed by atoms with Gasteiger partial charge in [-0.15, -0.1) is 0 Å². The molecule has 2 aromatic carbocycles. The van der Waals surface area contributed by atoms with Crippen LogP contribution in [0.1, 0.15) is 0 Å². The summed E-state index contributed by atoms with van der Waals surface area (Å²) in [5, 5.41) is 15.3. The lowest BCUT2D eigenvalue weighted by atomic mass is 10.0. The summed E-state index contributed by atoms with van der Waals surface area (Å²) < 4.78 is 1.89. The van der Waals surface area contributed by atoms with Gasteiger partial charge in [0.15, 0.2) is 0 Å². The highest BCUT2D eigenvalue weighted by Crippen LogP contribution is 2.30. The average molecular weight is 253 g/mol. The van der Waals surface area contributed by atoms with Crippen LogP contribution in [0.3, 0.4) is 0 Å². The van der Waals surface area contributed by atoms with Gasteiger partial charge in [-0.1, -0.05) is 24.3 Å². The minimum atomic E-state index is 0.288. The van der Waals surface area contributed by atoms with Crippen molar-refractivity contribution in [2.45, 2.75) is 6.54 Å². The van der Waals surface area contributed by atoms with Crippen molar-refractivity contribution in [1.29, 1.82) is 0 Å². The van der Waals surface area contributed by atoms with E-state index in [2.05, 4.69) is 5.10 Å². The minimum Gasteiger partial charge on any atom is -0.507 e. The number of fused-ring (bicyclic) bond motifs is 1. The third-order valence-corrected chi connectivity index (χ3v) is 3.20. The molecule has 4 nitrogen and oxygen atoms in total. The van der Waals surface area contributed by atoms with Crippen molar-refractivity contribution in [3.05, 3.63) is 48.7 Å². The van der Waals surface area contributed by atoms with Crippen LogP contribution in [0.5, 0.6) is 5.75 Å². The first kappa shape index (κ1) is 11.7. The monoisotopic (exact) mass is 253 g/mol. The molecule has 0 spiro atoms. The Kier molecular flexibility index (Phi) is 2.93. The lowest BCUT2D eigenvalue weighted by Crippen LogP contribution is -2.10. The number of para-hydroxylation sites is 1. The highest BCUT2D eigenvalue weighted by atomic mass is 16.3. The number of hydrogen-bond acceptors (Lipinski definition) is 3. The molecule has 0 aliphatic heterocycles. The predicted octanol–water partition coefficient (Wildman–Crippen LogP) is 2.37. The lowest BCUT2D eigenvalue weighted by Gasteiger charge is -2.05. The molecule has 0 saturated heterocycles. The number of benzene rings is 2. The summed E-state index contributed by atoms with van der Waals surface area (Å²) in [6, 6.07) is 13.4. The van der Waals surface area contributed by atoms with E-state index in [1.165, 1.54) is 0 Å². The maximum Gasteiger partial charge on any atom is 0.123 e. The van der Waals surface area contributed by atoms with Gasteiger partial charge in [0.2, 0.25) is 0 Å². The summed E-state index contributed by atoms with van der Waals surface area (Å²) in [4.78, 5) is 0. The average Bonchev–Trinajstić information content (AvgIpc) is 2.82. The second kappa shape index (κ2) is 4.74. The highest BCUT2D eigenvalue weighted by molar-refractivity contribution is 5.85. The van der Waals surface area contributed by atoms with Crippen LogP contribution < -0.4 is 5.73 Å². The van der Waals surface area contributed by atoms with Crippen LogP contribution in [0.25, 0.3) is 22.0 Å². The molecule has 0 saturated carbocycles. The molecule has 4 heteroatoms. The van der Waals surface area contributed by atoms with E-state index in [4.69, 9.17) is 5.73 Å². The molecule has 0 aliphatic carbocycles. The van der Waals surface area contributed by atoms with Crippen LogP contribution >= 0.6 is 0 Å². The molecule has 3 rings (SSSR count). The number of hydrogen-bond donors (Lipinski definition) is 2. The van der Waals surface area contributed by atoms with Crippen molar-refractivity contribution >= 4 is 10.9 Å². The molecule has 0 bridgehead atoms. The number of nitrogens with zero attached hydrogens (tertiary/aromatic N) is 2. The van der Waals surface area contributed by atoms with Gasteiger partial charge in [-0.25, -0.2) is 0 Å². The third kappa shape index (κ3) is 2.06. The van der Waals surface area contributed by atoms with Gasteiger partial charge in [0, 0.05) is 17.5 Å². The lowest BCUT2D eigenvalue weighted by molar-refractivity contribution is 0.477. The number of nitrogens with two attached hydrogens (primary N) is 1. The molecule has 3 aromatic rings. The fourth-order valence-electron chi connectivity index (χ4n) is 2.27. The normalized spacial score (nSPS) is 11.0. The molecule has 0 aliphatic rings. The smallest absolute Gasteiger partial charge is 0.123 e. The quantitative estimate of drug-likeness (QED) is 0.753. The zero-order valence-electron chi connectivity index (χ0n) is 10.5. The molecule has 0 atom stereocenters.